The van der Waals surface area contributed by atoms with E-state index in [0.29, 0.717) is 5.69 Å². The van der Waals surface area contributed by atoms with E-state index in [-0.39, 0.29) is 5.69 Å². The van der Waals surface area contributed by atoms with Crippen molar-refractivity contribution in [1.29, 1.82) is 0 Å². The average molecular weight is 291 g/mol. The Labute approximate surface area is 121 Å². The molecule has 0 saturated carbocycles. The first-order chi connectivity index (χ1) is 10.1. The van der Waals surface area contributed by atoms with Crippen LogP contribution in [-0.2, 0) is 11.4 Å². The zero-order valence-electron chi connectivity index (χ0n) is 12.2. The van der Waals surface area contributed by atoms with Gasteiger partial charge in [0.15, 0.2) is 5.69 Å². The monoisotopic (exact) mass is 291 g/mol. The van der Waals surface area contributed by atoms with Crippen molar-refractivity contribution >= 4 is 5.91 Å². The quantitative estimate of drug-likeness (QED) is 0.748. The molecule has 0 unspecified atom stereocenters. The second-order valence-electron chi connectivity index (χ2n) is 4.42. The SMILES string of the molecule is CCCn1cc(-n2ccc(=O)c(C(=O)N(C)OC)n2)cn1. The second kappa shape index (κ2) is 6.31. The lowest BCUT2D eigenvalue weighted by atomic mass is 10.3. The Hall–Kier alpha value is -2.48. The summed E-state index contributed by atoms with van der Waals surface area (Å²) in [5.74, 6) is -0.599. The Bertz CT molecular complexity index is 691. The lowest BCUT2D eigenvalue weighted by Gasteiger charge is -2.12. The van der Waals surface area contributed by atoms with Gasteiger partial charge in [0.1, 0.15) is 5.69 Å². The Morgan fingerprint density at radius 3 is 2.90 bits per heavy atom. The summed E-state index contributed by atoms with van der Waals surface area (Å²) in [7, 11) is 2.76. The number of carbonyl (C=O) groups excluding carboxylic acids is 1. The van der Waals surface area contributed by atoms with Gasteiger partial charge in [-0.15, -0.1) is 0 Å². The Balaban J connectivity index is 2.37. The molecule has 0 aromatic carbocycles. The lowest BCUT2D eigenvalue weighted by Crippen LogP contribution is -2.32. The summed E-state index contributed by atoms with van der Waals surface area (Å²) < 4.78 is 3.22. The van der Waals surface area contributed by atoms with Crippen LogP contribution in [0.2, 0.25) is 0 Å². The van der Waals surface area contributed by atoms with Gasteiger partial charge in [0, 0.05) is 25.9 Å². The molecule has 112 valence electrons. The van der Waals surface area contributed by atoms with Crippen LogP contribution in [-0.4, -0.2) is 44.7 Å². The summed E-state index contributed by atoms with van der Waals surface area (Å²) in [5, 5.41) is 9.21. The van der Waals surface area contributed by atoms with Crippen LogP contribution < -0.4 is 5.43 Å². The van der Waals surface area contributed by atoms with E-state index >= 15 is 0 Å². The number of aromatic nitrogens is 4. The van der Waals surface area contributed by atoms with Crippen molar-refractivity contribution in [3.05, 3.63) is 40.6 Å². The summed E-state index contributed by atoms with van der Waals surface area (Å²) in [6.45, 7) is 2.84. The zero-order chi connectivity index (χ0) is 15.4. The fourth-order valence-corrected chi connectivity index (χ4v) is 1.75. The number of aryl methyl sites for hydroxylation is 1. The first-order valence-electron chi connectivity index (χ1n) is 6.51. The van der Waals surface area contributed by atoms with Crippen LogP contribution in [0, 0.1) is 0 Å². The number of hydroxylamine groups is 2. The van der Waals surface area contributed by atoms with Gasteiger partial charge in [0.05, 0.1) is 19.5 Å². The predicted octanol–water partition coefficient (Wildman–Crippen LogP) is 0.472. The number of rotatable bonds is 5. The van der Waals surface area contributed by atoms with E-state index in [4.69, 9.17) is 4.84 Å². The van der Waals surface area contributed by atoms with E-state index < -0.39 is 11.3 Å². The molecule has 0 radical (unpaired) electrons. The molecule has 0 fully saturated rings. The molecule has 8 heteroatoms. The minimum absolute atomic E-state index is 0.204. The molecule has 2 heterocycles. The van der Waals surface area contributed by atoms with Crippen molar-refractivity contribution in [3.8, 4) is 5.69 Å². The van der Waals surface area contributed by atoms with Crippen LogP contribution in [0.1, 0.15) is 23.8 Å². The minimum atomic E-state index is -0.599. The molecule has 1 amide bonds. The highest BCUT2D eigenvalue weighted by Gasteiger charge is 2.18. The summed E-state index contributed by atoms with van der Waals surface area (Å²) in [4.78, 5) is 28.5. The third-order valence-electron chi connectivity index (χ3n) is 2.91. The first kappa shape index (κ1) is 14.9. The maximum atomic E-state index is 12.0. The van der Waals surface area contributed by atoms with Crippen LogP contribution in [0.25, 0.3) is 5.69 Å². The van der Waals surface area contributed by atoms with E-state index in [2.05, 4.69) is 17.1 Å². The van der Waals surface area contributed by atoms with E-state index in [1.54, 1.807) is 17.1 Å². The van der Waals surface area contributed by atoms with Gasteiger partial charge in [-0.25, -0.2) is 9.75 Å². The zero-order valence-corrected chi connectivity index (χ0v) is 12.2. The maximum absolute atomic E-state index is 12.0. The van der Waals surface area contributed by atoms with Crippen LogP contribution in [0.3, 0.4) is 0 Å². The number of hydrogen-bond donors (Lipinski definition) is 0. The molecule has 0 atom stereocenters. The van der Waals surface area contributed by atoms with E-state index in [1.165, 1.54) is 31.1 Å². The highest BCUT2D eigenvalue weighted by molar-refractivity contribution is 5.91. The molecule has 0 aliphatic rings. The molecule has 2 aromatic rings. The van der Waals surface area contributed by atoms with Gasteiger partial charge in [-0.3, -0.25) is 19.1 Å². The summed E-state index contributed by atoms with van der Waals surface area (Å²) in [6.07, 6.45) is 5.89. The van der Waals surface area contributed by atoms with Crippen molar-refractivity contribution in [1.82, 2.24) is 24.6 Å². The second-order valence-corrected chi connectivity index (χ2v) is 4.42. The Morgan fingerprint density at radius 2 is 2.24 bits per heavy atom. The van der Waals surface area contributed by atoms with Crippen molar-refractivity contribution in [2.45, 2.75) is 19.9 Å². The smallest absolute Gasteiger partial charge is 0.287 e. The third kappa shape index (κ3) is 3.16. The topological polar surface area (TPSA) is 82.2 Å². The summed E-state index contributed by atoms with van der Waals surface area (Å²) >= 11 is 0. The molecule has 0 aliphatic heterocycles. The minimum Gasteiger partial charge on any atom is -0.287 e. The van der Waals surface area contributed by atoms with Crippen LogP contribution in [0.15, 0.2) is 29.5 Å². The van der Waals surface area contributed by atoms with Gasteiger partial charge in [0.25, 0.3) is 0 Å². The molecular formula is C13H17N5O3. The van der Waals surface area contributed by atoms with Crippen molar-refractivity contribution in [3.63, 3.8) is 0 Å². The largest absolute Gasteiger partial charge is 0.301 e. The van der Waals surface area contributed by atoms with Crippen LogP contribution in [0.4, 0.5) is 0 Å². The Morgan fingerprint density at radius 1 is 1.48 bits per heavy atom. The molecule has 0 N–H and O–H groups in total. The van der Waals surface area contributed by atoms with E-state index in [9.17, 15) is 9.59 Å². The van der Waals surface area contributed by atoms with Crippen molar-refractivity contribution < 1.29 is 9.63 Å². The summed E-state index contributed by atoms with van der Waals surface area (Å²) in [6, 6.07) is 1.29. The van der Waals surface area contributed by atoms with Crippen LogP contribution >= 0.6 is 0 Å². The maximum Gasteiger partial charge on any atom is 0.301 e. The number of carbonyl (C=O) groups is 1. The molecule has 0 spiro atoms. The number of nitrogens with zero attached hydrogens (tertiary/aromatic N) is 5. The molecule has 8 nitrogen and oxygen atoms in total. The number of hydrogen-bond acceptors (Lipinski definition) is 5. The van der Waals surface area contributed by atoms with Gasteiger partial charge in [-0.2, -0.15) is 10.2 Å². The van der Waals surface area contributed by atoms with Crippen LogP contribution in [0.5, 0.6) is 0 Å². The predicted molar refractivity (Wildman–Crippen MR) is 75.0 cm³/mol. The molecule has 2 rings (SSSR count). The van der Waals surface area contributed by atoms with Gasteiger partial charge < -0.3 is 0 Å². The molecule has 0 bridgehead atoms. The van der Waals surface area contributed by atoms with Gasteiger partial charge in [-0.1, -0.05) is 6.92 Å². The standard InChI is InChI=1S/C13H17N5O3/c1-4-6-17-9-10(8-14-17)18-7-5-11(19)12(15-18)13(20)16(2)21-3/h5,7-9H,4,6H2,1-3H3. The Kier molecular flexibility index (Phi) is 4.49. The number of amides is 1. The van der Waals surface area contributed by atoms with Gasteiger partial charge in [-0.05, 0) is 6.42 Å². The van der Waals surface area contributed by atoms with Gasteiger partial charge >= 0.3 is 5.91 Å². The van der Waals surface area contributed by atoms with Crippen molar-refractivity contribution in [2.75, 3.05) is 14.2 Å². The summed E-state index contributed by atoms with van der Waals surface area (Å²) in [5.41, 5.74) is 0.0174. The lowest BCUT2D eigenvalue weighted by molar-refractivity contribution is -0.0762. The fraction of sp³-hybridized carbons (Fsp3) is 0.385. The van der Waals surface area contributed by atoms with E-state index in [0.717, 1.165) is 18.0 Å². The third-order valence-corrected chi connectivity index (χ3v) is 2.91. The average Bonchev–Trinajstić information content (AvgIpc) is 2.95. The van der Waals surface area contributed by atoms with Crippen molar-refractivity contribution in [2.24, 2.45) is 0 Å². The van der Waals surface area contributed by atoms with E-state index in [1.807, 2.05) is 0 Å². The molecule has 0 aliphatic carbocycles. The molecular weight excluding hydrogens is 274 g/mol. The van der Waals surface area contributed by atoms with Gasteiger partial charge in [0.2, 0.25) is 5.43 Å². The molecule has 21 heavy (non-hydrogen) atoms. The molecule has 0 saturated heterocycles. The highest BCUT2D eigenvalue weighted by Crippen LogP contribution is 2.05. The fourth-order valence-electron chi connectivity index (χ4n) is 1.75. The molecule has 2 aromatic heterocycles. The highest BCUT2D eigenvalue weighted by atomic mass is 16.7. The first-order valence-corrected chi connectivity index (χ1v) is 6.51. The normalized spacial score (nSPS) is 10.6.